The first kappa shape index (κ1) is 23.7. The second-order valence-corrected chi connectivity index (χ2v) is 10.4. The Bertz CT molecular complexity index is 1160. The molecule has 0 unspecified atom stereocenters. The highest BCUT2D eigenvalue weighted by atomic mass is 32.2. The molecule has 174 valence electrons. The normalized spacial score (nSPS) is 16.6. The molecule has 1 N–H and O–H groups in total. The van der Waals surface area contributed by atoms with Crippen molar-refractivity contribution in [3.63, 3.8) is 0 Å². The van der Waals surface area contributed by atoms with E-state index in [4.69, 9.17) is 4.74 Å². The van der Waals surface area contributed by atoms with E-state index in [2.05, 4.69) is 27.2 Å². The fourth-order valence-corrected chi connectivity index (χ4v) is 5.87. The molecule has 4 rings (SSSR count). The minimum absolute atomic E-state index is 0.0452. The number of nitrogens with zero attached hydrogens (tertiary/aromatic N) is 3. The van der Waals surface area contributed by atoms with E-state index >= 15 is 0 Å². The molecule has 33 heavy (non-hydrogen) atoms. The average molecular weight is 485 g/mol. The molecule has 9 heteroatoms. The van der Waals surface area contributed by atoms with E-state index in [1.54, 1.807) is 7.11 Å². The summed E-state index contributed by atoms with van der Waals surface area (Å²) in [4.78, 5) is 38.2. The lowest BCUT2D eigenvalue weighted by Crippen LogP contribution is -2.41. The summed E-state index contributed by atoms with van der Waals surface area (Å²) in [6, 6.07) is 9.44. The highest BCUT2D eigenvalue weighted by Gasteiger charge is 2.23. The zero-order valence-electron chi connectivity index (χ0n) is 19.1. The number of hydrogen-bond donors (Lipinski definition) is 1. The zero-order valence-corrected chi connectivity index (χ0v) is 20.7. The molecule has 3 aromatic rings. The van der Waals surface area contributed by atoms with Crippen LogP contribution < -0.4 is 10.1 Å². The molecule has 0 radical (unpaired) electrons. The van der Waals surface area contributed by atoms with Gasteiger partial charge in [-0.1, -0.05) is 11.8 Å². The third-order valence-electron chi connectivity index (χ3n) is 5.69. The maximum atomic E-state index is 12.8. The Hall–Kier alpha value is -2.49. The van der Waals surface area contributed by atoms with Gasteiger partial charge in [-0.25, -0.2) is 9.97 Å². The second-order valence-electron chi connectivity index (χ2n) is 8.26. The highest BCUT2D eigenvalue weighted by Crippen LogP contribution is 2.29. The lowest BCUT2D eigenvalue weighted by molar-refractivity contribution is -0.126. The van der Waals surface area contributed by atoms with Crippen LogP contribution in [0.2, 0.25) is 0 Å². The number of likely N-dealkylation sites (tertiary alicyclic amines) is 1. The van der Waals surface area contributed by atoms with Crippen molar-refractivity contribution in [2.75, 3.05) is 33.0 Å². The summed E-state index contributed by atoms with van der Waals surface area (Å²) in [6.07, 6.45) is 1.99. The number of nitrogens with one attached hydrogen (secondary N) is 1. The molecule has 1 aliphatic rings. The third kappa shape index (κ3) is 5.90. The summed E-state index contributed by atoms with van der Waals surface area (Å²) in [7, 11) is 3.67. The summed E-state index contributed by atoms with van der Waals surface area (Å²) in [5, 5.41) is 4.68. The van der Waals surface area contributed by atoms with Crippen LogP contribution >= 0.6 is 23.1 Å². The number of ketones is 1. The molecule has 7 nitrogen and oxygen atoms in total. The Morgan fingerprint density at radius 3 is 2.91 bits per heavy atom. The molecule has 2 aromatic heterocycles. The summed E-state index contributed by atoms with van der Waals surface area (Å²) in [5.41, 5.74) is 0.830. The van der Waals surface area contributed by atoms with Crippen molar-refractivity contribution < 1.29 is 14.3 Å². The smallest absolute Gasteiger partial charge is 0.224 e. The first-order valence-corrected chi connectivity index (χ1v) is 12.8. The molecular formula is C24H28N4O3S2. The van der Waals surface area contributed by atoms with Gasteiger partial charge in [0.1, 0.15) is 16.6 Å². The van der Waals surface area contributed by atoms with Gasteiger partial charge in [-0.2, -0.15) is 0 Å². The molecule has 1 amide bonds. The van der Waals surface area contributed by atoms with Crippen LogP contribution in [0.25, 0.3) is 10.9 Å². The summed E-state index contributed by atoms with van der Waals surface area (Å²) >= 11 is 2.85. The Labute approximate surface area is 201 Å². The molecule has 1 atom stereocenters. The van der Waals surface area contributed by atoms with Gasteiger partial charge in [0.25, 0.3) is 0 Å². The van der Waals surface area contributed by atoms with Crippen LogP contribution in [0.3, 0.4) is 0 Å². The maximum Gasteiger partial charge on any atom is 0.224 e. The van der Waals surface area contributed by atoms with Crippen LogP contribution in [0, 0.1) is 12.8 Å². The summed E-state index contributed by atoms with van der Waals surface area (Å²) < 4.78 is 5.33. The number of hydrogen-bond acceptors (Lipinski definition) is 8. The molecule has 1 aliphatic heterocycles. The molecule has 1 fully saturated rings. The quantitative estimate of drug-likeness (QED) is 0.294. The van der Waals surface area contributed by atoms with E-state index in [0.29, 0.717) is 17.2 Å². The number of ether oxygens (including phenoxy) is 1. The first-order valence-electron chi connectivity index (χ1n) is 11.0. The Balaban J connectivity index is 1.36. The van der Waals surface area contributed by atoms with Crippen molar-refractivity contribution in [1.82, 2.24) is 20.2 Å². The van der Waals surface area contributed by atoms with Crippen LogP contribution in [0.4, 0.5) is 0 Å². The largest absolute Gasteiger partial charge is 0.497 e. The van der Waals surface area contributed by atoms with Crippen molar-refractivity contribution in [2.45, 2.75) is 31.3 Å². The summed E-state index contributed by atoms with van der Waals surface area (Å²) in [6.45, 7) is 4.16. The number of amides is 1. The number of piperidine rings is 1. The predicted octanol–water partition coefficient (Wildman–Crippen LogP) is 3.94. The van der Waals surface area contributed by atoms with Crippen molar-refractivity contribution >= 4 is 45.7 Å². The molecular weight excluding hydrogens is 456 g/mol. The van der Waals surface area contributed by atoms with Crippen LogP contribution in [0.1, 0.15) is 33.2 Å². The first-order chi connectivity index (χ1) is 15.9. The van der Waals surface area contributed by atoms with Gasteiger partial charge in [0.05, 0.1) is 35.7 Å². The number of thioether (sulfide) groups is 1. The van der Waals surface area contributed by atoms with Gasteiger partial charge in [-0.3, -0.25) is 9.59 Å². The number of methoxy groups -OCH3 is 1. The third-order valence-corrected chi connectivity index (χ3v) is 7.81. The van der Waals surface area contributed by atoms with Crippen molar-refractivity contribution in [2.24, 2.45) is 5.92 Å². The van der Waals surface area contributed by atoms with E-state index in [0.717, 1.165) is 52.5 Å². The number of Topliss-reactive ketones (excluding diaryl/α,β-unsaturated/α-hetero) is 1. The van der Waals surface area contributed by atoms with Gasteiger partial charge in [0, 0.05) is 16.8 Å². The number of aryl methyl sites for hydroxylation is 1. The highest BCUT2D eigenvalue weighted by molar-refractivity contribution is 8.00. The predicted molar refractivity (Wildman–Crippen MR) is 132 cm³/mol. The SMILES string of the molecule is COc1ccc2nc(C)nc(SCC(=O)c3ccc(CNC(=O)[C@@H]4CCCN(C)C4)s3)c2c1. The minimum atomic E-state index is 0.0452. The van der Waals surface area contributed by atoms with Gasteiger partial charge >= 0.3 is 0 Å². The van der Waals surface area contributed by atoms with E-state index in [1.165, 1.54) is 23.1 Å². The second kappa shape index (κ2) is 10.6. The van der Waals surface area contributed by atoms with Crippen LogP contribution in [-0.4, -0.2) is 59.6 Å². The minimum Gasteiger partial charge on any atom is -0.497 e. The number of fused-ring (bicyclic) bond motifs is 1. The van der Waals surface area contributed by atoms with Crippen LogP contribution in [0.15, 0.2) is 35.4 Å². The monoisotopic (exact) mass is 484 g/mol. The molecule has 0 spiro atoms. The average Bonchev–Trinajstić information content (AvgIpc) is 3.29. The number of rotatable bonds is 8. The molecule has 0 aliphatic carbocycles. The van der Waals surface area contributed by atoms with Gasteiger partial charge in [-0.15, -0.1) is 11.3 Å². The fraction of sp³-hybridized carbons (Fsp3) is 0.417. The standard InChI is InChI=1S/C24H28N4O3S2/c1-15-26-20-8-6-17(31-3)11-19(20)24(27-15)32-14-21(29)22-9-7-18(33-22)12-25-23(30)16-5-4-10-28(2)13-16/h6-9,11,16H,4-5,10,12-14H2,1-3H3,(H,25,30)/t16-/m1/s1. The Morgan fingerprint density at radius 1 is 1.27 bits per heavy atom. The number of benzene rings is 1. The van der Waals surface area contributed by atoms with E-state index in [9.17, 15) is 9.59 Å². The number of carbonyl (C=O) groups is 2. The van der Waals surface area contributed by atoms with E-state index in [-0.39, 0.29) is 23.4 Å². The van der Waals surface area contributed by atoms with Crippen molar-refractivity contribution in [3.8, 4) is 5.75 Å². The Kier molecular flexibility index (Phi) is 7.62. The van der Waals surface area contributed by atoms with Gasteiger partial charge in [-0.05, 0) is 63.7 Å². The maximum absolute atomic E-state index is 12.8. The summed E-state index contributed by atoms with van der Waals surface area (Å²) in [5.74, 6) is 1.87. The van der Waals surface area contributed by atoms with Crippen molar-refractivity contribution in [1.29, 1.82) is 0 Å². The topological polar surface area (TPSA) is 84.4 Å². The molecule has 3 heterocycles. The van der Waals surface area contributed by atoms with E-state index < -0.39 is 0 Å². The van der Waals surface area contributed by atoms with E-state index in [1.807, 2.05) is 37.3 Å². The molecule has 0 bridgehead atoms. The molecule has 1 saturated heterocycles. The zero-order chi connectivity index (χ0) is 23.4. The fourth-order valence-electron chi connectivity index (χ4n) is 3.95. The number of thiophene rings is 1. The Morgan fingerprint density at radius 2 is 2.12 bits per heavy atom. The van der Waals surface area contributed by atoms with Gasteiger partial charge in [0.2, 0.25) is 5.91 Å². The molecule has 0 saturated carbocycles. The lowest BCUT2D eigenvalue weighted by Gasteiger charge is -2.28. The number of carbonyl (C=O) groups excluding carboxylic acids is 2. The van der Waals surface area contributed by atoms with Crippen LogP contribution in [0.5, 0.6) is 5.75 Å². The van der Waals surface area contributed by atoms with Crippen molar-refractivity contribution in [3.05, 3.63) is 45.9 Å². The van der Waals surface area contributed by atoms with Gasteiger partial charge < -0.3 is 15.0 Å². The lowest BCUT2D eigenvalue weighted by atomic mass is 9.98. The van der Waals surface area contributed by atoms with Gasteiger partial charge in [0.15, 0.2) is 5.78 Å². The van der Waals surface area contributed by atoms with Crippen LogP contribution in [-0.2, 0) is 11.3 Å². The molecule has 1 aromatic carbocycles. The number of aromatic nitrogens is 2.